The predicted molar refractivity (Wildman–Crippen MR) is 70.9 cm³/mol. The first kappa shape index (κ1) is 11.0. The molecule has 0 saturated carbocycles. The van der Waals surface area contributed by atoms with Crippen molar-refractivity contribution in [2.24, 2.45) is 0 Å². The van der Waals surface area contributed by atoms with Gasteiger partial charge in [0.2, 0.25) is 0 Å². The van der Waals surface area contributed by atoms with Gasteiger partial charge in [0.1, 0.15) is 5.52 Å². The molecule has 0 aliphatic carbocycles. The van der Waals surface area contributed by atoms with E-state index in [1.54, 1.807) is 6.20 Å². The van der Waals surface area contributed by atoms with Crippen LogP contribution in [-0.2, 0) is 6.42 Å². The fraction of sp³-hybridized carbons (Fsp3) is 0.133. The minimum atomic E-state index is -0.307. The van der Waals surface area contributed by atoms with Gasteiger partial charge in [0.15, 0.2) is 5.82 Å². The fourth-order valence-corrected chi connectivity index (χ4v) is 2.10. The third-order valence-corrected chi connectivity index (χ3v) is 3.14. The van der Waals surface area contributed by atoms with Gasteiger partial charge in [-0.15, -0.1) is 0 Å². The van der Waals surface area contributed by atoms with Crippen molar-refractivity contribution in [1.29, 1.82) is 0 Å². The van der Waals surface area contributed by atoms with Crippen LogP contribution in [0.2, 0.25) is 0 Å². The van der Waals surface area contributed by atoms with Crippen molar-refractivity contribution in [2.75, 3.05) is 0 Å². The van der Waals surface area contributed by atoms with Gasteiger partial charge < -0.3 is 4.98 Å². The molecule has 2 nitrogen and oxygen atoms in total. The molecule has 0 aliphatic rings. The normalized spacial score (nSPS) is 11.0. The minimum absolute atomic E-state index is 0.307. The van der Waals surface area contributed by atoms with E-state index in [1.165, 1.54) is 11.8 Å². The maximum atomic E-state index is 13.3. The van der Waals surface area contributed by atoms with Gasteiger partial charge in [-0.25, -0.2) is 4.39 Å². The number of nitrogens with one attached hydrogen (secondary N) is 1. The van der Waals surface area contributed by atoms with E-state index in [1.807, 2.05) is 18.2 Å². The summed E-state index contributed by atoms with van der Waals surface area (Å²) in [6.07, 6.45) is 4.05. The predicted octanol–water partition coefficient (Wildman–Crippen LogP) is 3.93. The number of hydrogen-bond donors (Lipinski definition) is 1. The summed E-state index contributed by atoms with van der Waals surface area (Å²) in [4.78, 5) is 7.06. The molecule has 1 N–H and O–H groups in total. The number of aromatic nitrogens is 2. The average molecular weight is 240 g/mol. The molecule has 0 radical (unpaired) electrons. The Bertz CT molecular complexity index is 701. The van der Waals surface area contributed by atoms with Gasteiger partial charge >= 0.3 is 0 Å². The zero-order valence-corrected chi connectivity index (χ0v) is 10.1. The number of H-pyrrole nitrogens is 1. The highest BCUT2D eigenvalue weighted by Crippen LogP contribution is 2.24. The molecule has 0 fully saturated rings. The highest BCUT2D eigenvalue weighted by Gasteiger charge is 2.06. The Morgan fingerprint density at radius 2 is 2.11 bits per heavy atom. The van der Waals surface area contributed by atoms with Crippen molar-refractivity contribution in [3.8, 4) is 11.1 Å². The number of pyridine rings is 1. The highest BCUT2D eigenvalue weighted by molar-refractivity contribution is 5.81. The maximum absolute atomic E-state index is 13.3. The van der Waals surface area contributed by atoms with Gasteiger partial charge in [-0.1, -0.05) is 31.2 Å². The van der Waals surface area contributed by atoms with E-state index in [0.29, 0.717) is 5.52 Å². The minimum Gasteiger partial charge on any atom is -0.357 e. The summed E-state index contributed by atoms with van der Waals surface area (Å²) in [5, 5.41) is 0. The van der Waals surface area contributed by atoms with E-state index in [4.69, 9.17) is 0 Å². The van der Waals surface area contributed by atoms with Crippen molar-refractivity contribution in [3.63, 3.8) is 0 Å². The molecule has 90 valence electrons. The lowest BCUT2D eigenvalue weighted by Crippen LogP contribution is -1.85. The first-order chi connectivity index (χ1) is 8.78. The number of aromatic amines is 1. The fourth-order valence-electron chi connectivity index (χ4n) is 2.10. The van der Waals surface area contributed by atoms with Crippen LogP contribution in [0, 0.1) is 5.82 Å². The summed E-state index contributed by atoms with van der Waals surface area (Å²) in [6, 6.07) is 10.3. The zero-order chi connectivity index (χ0) is 12.5. The van der Waals surface area contributed by atoms with E-state index in [9.17, 15) is 4.39 Å². The molecule has 0 atom stereocenters. The molecule has 0 bridgehead atoms. The number of fused-ring (bicyclic) bond motifs is 1. The van der Waals surface area contributed by atoms with Crippen LogP contribution >= 0.6 is 0 Å². The summed E-state index contributed by atoms with van der Waals surface area (Å²) in [5.74, 6) is -0.307. The van der Waals surface area contributed by atoms with Crippen LogP contribution in [0.3, 0.4) is 0 Å². The number of rotatable bonds is 2. The third kappa shape index (κ3) is 1.78. The van der Waals surface area contributed by atoms with Crippen molar-refractivity contribution in [2.45, 2.75) is 13.3 Å². The monoisotopic (exact) mass is 240 g/mol. The number of aryl methyl sites for hydroxylation is 1. The Morgan fingerprint density at radius 3 is 2.94 bits per heavy atom. The molecule has 0 saturated heterocycles. The van der Waals surface area contributed by atoms with Gasteiger partial charge in [-0.2, -0.15) is 0 Å². The summed E-state index contributed by atoms with van der Waals surface area (Å²) < 4.78 is 13.3. The van der Waals surface area contributed by atoms with Crippen LogP contribution in [0.25, 0.3) is 22.2 Å². The summed E-state index contributed by atoms with van der Waals surface area (Å²) in [7, 11) is 0. The highest BCUT2D eigenvalue weighted by atomic mass is 19.1. The molecule has 0 aliphatic heterocycles. The molecule has 3 heteroatoms. The molecule has 2 heterocycles. The lowest BCUT2D eigenvalue weighted by Gasteiger charge is -2.04. The van der Waals surface area contributed by atoms with E-state index < -0.39 is 0 Å². The van der Waals surface area contributed by atoms with Crippen molar-refractivity contribution in [1.82, 2.24) is 9.97 Å². The molecule has 3 rings (SSSR count). The smallest absolute Gasteiger partial charge is 0.166 e. The Morgan fingerprint density at radius 1 is 1.22 bits per heavy atom. The van der Waals surface area contributed by atoms with Crippen molar-refractivity contribution in [3.05, 3.63) is 54.1 Å². The van der Waals surface area contributed by atoms with Crippen LogP contribution in [0.15, 0.2) is 42.7 Å². The third-order valence-electron chi connectivity index (χ3n) is 3.14. The van der Waals surface area contributed by atoms with Gasteiger partial charge in [0.05, 0.1) is 5.52 Å². The SMILES string of the molecule is CCc1cccc(-c2cnc3c(F)c[nH]c3c2)c1. The first-order valence-electron chi connectivity index (χ1n) is 6.00. The molecule has 2 aromatic heterocycles. The Kier molecular flexibility index (Phi) is 2.59. The van der Waals surface area contributed by atoms with Gasteiger partial charge in [0, 0.05) is 18.0 Å². The molecule has 0 amide bonds. The quantitative estimate of drug-likeness (QED) is 0.722. The molecular formula is C15H13FN2. The topological polar surface area (TPSA) is 28.7 Å². The second kappa shape index (κ2) is 4.26. The zero-order valence-electron chi connectivity index (χ0n) is 10.1. The summed E-state index contributed by atoms with van der Waals surface area (Å²) >= 11 is 0. The van der Waals surface area contributed by atoms with Gasteiger partial charge in [0.25, 0.3) is 0 Å². The number of halogens is 1. The second-order valence-corrected chi connectivity index (χ2v) is 4.31. The van der Waals surface area contributed by atoms with Gasteiger partial charge in [-0.05, 0) is 23.6 Å². The van der Waals surface area contributed by atoms with E-state index >= 15 is 0 Å². The van der Waals surface area contributed by atoms with Crippen LogP contribution in [0.1, 0.15) is 12.5 Å². The lowest BCUT2D eigenvalue weighted by atomic mass is 10.0. The molecule has 18 heavy (non-hydrogen) atoms. The van der Waals surface area contributed by atoms with Crippen molar-refractivity contribution < 1.29 is 4.39 Å². The van der Waals surface area contributed by atoms with Crippen LogP contribution < -0.4 is 0 Å². The molecule has 3 aromatic rings. The molecule has 0 spiro atoms. The Balaban J connectivity index is 2.13. The Hall–Kier alpha value is -2.16. The first-order valence-corrected chi connectivity index (χ1v) is 6.00. The summed E-state index contributed by atoms with van der Waals surface area (Å²) in [6.45, 7) is 2.13. The summed E-state index contributed by atoms with van der Waals surface area (Å²) in [5.41, 5.74) is 4.51. The van der Waals surface area contributed by atoms with Crippen LogP contribution in [0.5, 0.6) is 0 Å². The van der Waals surface area contributed by atoms with Crippen LogP contribution in [0.4, 0.5) is 4.39 Å². The lowest BCUT2D eigenvalue weighted by molar-refractivity contribution is 0.637. The molecular weight excluding hydrogens is 227 g/mol. The average Bonchev–Trinajstić information content (AvgIpc) is 2.80. The number of hydrogen-bond acceptors (Lipinski definition) is 1. The largest absolute Gasteiger partial charge is 0.357 e. The number of benzene rings is 1. The molecule has 0 unspecified atom stereocenters. The number of nitrogens with zero attached hydrogens (tertiary/aromatic N) is 1. The maximum Gasteiger partial charge on any atom is 0.166 e. The van der Waals surface area contributed by atoms with Gasteiger partial charge in [-0.3, -0.25) is 4.98 Å². The van der Waals surface area contributed by atoms with E-state index in [0.717, 1.165) is 23.1 Å². The van der Waals surface area contributed by atoms with Crippen molar-refractivity contribution >= 4 is 11.0 Å². The standard InChI is InChI=1S/C15H13FN2/c1-2-10-4-3-5-11(6-10)12-7-14-15(18-8-12)13(16)9-17-14/h3-9,17H,2H2,1H3. The van der Waals surface area contributed by atoms with Crippen LogP contribution in [-0.4, -0.2) is 9.97 Å². The Labute approximate surface area is 104 Å². The molecule has 1 aromatic carbocycles. The second-order valence-electron chi connectivity index (χ2n) is 4.31. The van der Waals surface area contributed by atoms with E-state index in [-0.39, 0.29) is 5.82 Å². The van der Waals surface area contributed by atoms with E-state index in [2.05, 4.69) is 29.0 Å².